The zero-order chi connectivity index (χ0) is 14.0. The maximum atomic E-state index is 12.4. The number of thiophene rings is 2. The van der Waals surface area contributed by atoms with Gasteiger partial charge in [-0.15, -0.1) is 22.7 Å². The molecule has 1 N–H and O–H groups in total. The lowest BCUT2D eigenvalue weighted by molar-refractivity contribution is 0.0359. The van der Waals surface area contributed by atoms with Gasteiger partial charge in [0.05, 0.1) is 14.8 Å². The van der Waals surface area contributed by atoms with Crippen LogP contribution in [-0.4, -0.2) is 19.1 Å². The summed E-state index contributed by atoms with van der Waals surface area (Å²) in [7, 11) is 0. The summed E-state index contributed by atoms with van der Waals surface area (Å²) < 4.78 is 6.08. The van der Waals surface area contributed by atoms with Crippen LogP contribution in [0.5, 0.6) is 0 Å². The van der Waals surface area contributed by atoms with Gasteiger partial charge in [-0.1, -0.05) is 17.7 Å². The van der Waals surface area contributed by atoms with Crippen LogP contribution in [0.2, 0.25) is 4.34 Å². The van der Waals surface area contributed by atoms with Crippen molar-refractivity contribution >= 4 is 40.2 Å². The highest BCUT2D eigenvalue weighted by atomic mass is 35.5. The van der Waals surface area contributed by atoms with Gasteiger partial charge in [0.25, 0.3) is 5.91 Å². The lowest BCUT2D eigenvalue weighted by Crippen LogP contribution is -2.48. The fraction of sp³-hybridized carbons (Fsp3) is 0.357. The van der Waals surface area contributed by atoms with E-state index in [1.54, 1.807) is 23.5 Å². The standard InChI is InChI=1S/C14H14ClNO2S2/c15-12-4-3-10(20-12)13(17)16-14(5-7-18-8-6-14)11-2-1-9-19-11/h1-4,9H,5-8H2,(H,16,17). The monoisotopic (exact) mass is 327 g/mol. The number of nitrogens with one attached hydrogen (secondary N) is 1. The molecule has 106 valence electrons. The third-order valence-electron chi connectivity index (χ3n) is 3.49. The van der Waals surface area contributed by atoms with Crippen LogP contribution in [0.25, 0.3) is 0 Å². The molecule has 0 aromatic carbocycles. The van der Waals surface area contributed by atoms with Gasteiger partial charge in [-0.25, -0.2) is 0 Å². The SMILES string of the molecule is O=C(NC1(c2cccs2)CCOCC1)c1ccc(Cl)s1. The Bertz CT molecular complexity index is 588. The van der Waals surface area contributed by atoms with Crippen molar-refractivity contribution in [2.75, 3.05) is 13.2 Å². The first-order valence-electron chi connectivity index (χ1n) is 6.39. The highest BCUT2D eigenvalue weighted by Crippen LogP contribution is 2.35. The molecule has 1 aliphatic rings. The molecular weight excluding hydrogens is 314 g/mol. The first-order valence-corrected chi connectivity index (χ1v) is 8.47. The number of amides is 1. The summed E-state index contributed by atoms with van der Waals surface area (Å²) in [5.74, 6) is -0.0581. The van der Waals surface area contributed by atoms with Gasteiger partial charge in [-0.3, -0.25) is 4.79 Å². The minimum atomic E-state index is -0.306. The Morgan fingerprint density at radius 2 is 2.10 bits per heavy atom. The lowest BCUT2D eigenvalue weighted by atomic mass is 9.88. The Kier molecular flexibility index (Phi) is 4.12. The van der Waals surface area contributed by atoms with E-state index in [4.69, 9.17) is 16.3 Å². The average molecular weight is 328 g/mol. The number of rotatable bonds is 3. The number of hydrogen-bond acceptors (Lipinski definition) is 4. The van der Waals surface area contributed by atoms with Gasteiger partial charge in [-0.05, 0) is 36.4 Å². The molecule has 1 aliphatic heterocycles. The van der Waals surface area contributed by atoms with Gasteiger partial charge in [-0.2, -0.15) is 0 Å². The maximum absolute atomic E-state index is 12.4. The molecule has 0 bridgehead atoms. The molecule has 1 fully saturated rings. The number of hydrogen-bond donors (Lipinski definition) is 1. The van der Waals surface area contributed by atoms with E-state index in [0.717, 1.165) is 12.8 Å². The van der Waals surface area contributed by atoms with Crippen LogP contribution >= 0.6 is 34.3 Å². The van der Waals surface area contributed by atoms with Gasteiger partial charge < -0.3 is 10.1 Å². The minimum Gasteiger partial charge on any atom is -0.381 e. The van der Waals surface area contributed by atoms with E-state index in [1.807, 2.05) is 11.4 Å². The Balaban J connectivity index is 1.85. The molecule has 3 nitrogen and oxygen atoms in total. The van der Waals surface area contributed by atoms with Crippen LogP contribution in [-0.2, 0) is 10.3 Å². The molecule has 2 aromatic rings. The summed E-state index contributed by atoms with van der Waals surface area (Å²) >= 11 is 8.89. The minimum absolute atomic E-state index is 0.0581. The summed E-state index contributed by atoms with van der Waals surface area (Å²) in [6, 6.07) is 7.62. The van der Waals surface area contributed by atoms with Crippen LogP contribution in [0.4, 0.5) is 0 Å². The fourth-order valence-electron chi connectivity index (χ4n) is 2.42. The van der Waals surface area contributed by atoms with Crippen LogP contribution in [0.3, 0.4) is 0 Å². The topological polar surface area (TPSA) is 38.3 Å². The Morgan fingerprint density at radius 1 is 1.30 bits per heavy atom. The lowest BCUT2D eigenvalue weighted by Gasteiger charge is -2.37. The van der Waals surface area contributed by atoms with E-state index < -0.39 is 0 Å². The molecule has 2 aromatic heterocycles. The molecule has 1 saturated heterocycles. The van der Waals surface area contributed by atoms with Crippen LogP contribution in [0.1, 0.15) is 27.4 Å². The second-order valence-corrected chi connectivity index (χ2v) is 7.39. The van der Waals surface area contributed by atoms with E-state index in [9.17, 15) is 4.79 Å². The molecule has 6 heteroatoms. The van der Waals surface area contributed by atoms with Crippen molar-refractivity contribution in [3.63, 3.8) is 0 Å². The molecule has 20 heavy (non-hydrogen) atoms. The zero-order valence-electron chi connectivity index (χ0n) is 10.7. The Labute approximate surface area is 130 Å². The smallest absolute Gasteiger partial charge is 0.262 e. The van der Waals surface area contributed by atoms with Gasteiger partial charge in [0.15, 0.2) is 0 Å². The summed E-state index contributed by atoms with van der Waals surface area (Å²) in [6.07, 6.45) is 1.61. The average Bonchev–Trinajstić information content (AvgIpc) is 3.11. The van der Waals surface area contributed by atoms with E-state index in [-0.39, 0.29) is 11.4 Å². The quantitative estimate of drug-likeness (QED) is 0.928. The first kappa shape index (κ1) is 14.1. The van der Waals surface area contributed by atoms with Crippen molar-refractivity contribution in [2.24, 2.45) is 0 Å². The zero-order valence-corrected chi connectivity index (χ0v) is 13.1. The predicted molar refractivity (Wildman–Crippen MR) is 82.8 cm³/mol. The summed E-state index contributed by atoms with van der Waals surface area (Å²) in [6.45, 7) is 1.34. The largest absolute Gasteiger partial charge is 0.381 e. The molecule has 0 radical (unpaired) electrons. The van der Waals surface area contributed by atoms with E-state index in [1.165, 1.54) is 16.2 Å². The normalized spacial score (nSPS) is 17.9. The summed E-state index contributed by atoms with van der Waals surface area (Å²) in [4.78, 5) is 14.3. The van der Waals surface area contributed by atoms with E-state index >= 15 is 0 Å². The molecular formula is C14H14ClNO2S2. The Morgan fingerprint density at radius 3 is 2.70 bits per heavy atom. The molecule has 0 unspecified atom stereocenters. The fourth-order valence-corrected chi connectivity index (χ4v) is 4.30. The molecule has 3 heterocycles. The molecule has 1 amide bonds. The van der Waals surface area contributed by atoms with Crippen LogP contribution < -0.4 is 5.32 Å². The van der Waals surface area contributed by atoms with Crippen molar-refractivity contribution in [2.45, 2.75) is 18.4 Å². The van der Waals surface area contributed by atoms with Crippen LogP contribution in [0, 0.1) is 0 Å². The van der Waals surface area contributed by atoms with E-state index in [2.05, 4.69) is 11.4 Å². The highest BCUT2D eigenvalue weighted by Gasteiger charge is 2.37. The summed E-state index contributed by atoms with van der Waals surface area (Å²) in [5, 5.41) is 5.25. The van der Waals surface area contributed by atoms with Gasteiger partial charge in [0.1, 0.15) is 0 Å². The van der Waals surface area contributed by atoms with Crippen molar-refractivity contribution < 1.29 is 9.53 Å². The number of halogens is 1. The third-order valence-corrected chi connectivity index (χ3v) is 5.79. The summed E-state index contributed by atoms with van der Waals surface area (Å²) in [5.41, 5.74) is -0.306. The molecule has 0 atom stereocenters. The Hall–Kier alpha value is -0.880. The van der Waals surface area contributed by atoms with Crippen molar-refractivity contribution in [3.8, 4) is 0 Å². The van der Waals surface area contributed by atoms with Gasteiger partial charge in [0, 0.05) is 18.1 Å². The van der Waals surface area contributed by atoms with Crippen molar-refractivity contribution in [1.29, 1.82) is 0 Å². The van der Waals surface area contributed by atoms with Crippen molar-refractivity contribution in [3.05, 3.63) is 43.7 Å². The second-order valence-electron chi connectivity index (χ2n) is 4.73. The predicted octanol–water partition coefficient (Wildman–Crippen LogP) is 3.90. The number of carbonyl (C=O) groups is 1. The first-order chi connectivity index (χ1) is 9.70. The highest BCUT2D eigenvalue weighted by molar-refractivity contribution is 7.18. The van der Waals surface area contributed by atoms with Gasteiger partial charge in [0.2, 0.25) is 0 Å². The van der Waals surface area contributed by atoms with Gasteiger partial charge >= 0.3 is 0 Å². The number of carbonyl (C=O) groups excluding carboxylic acids is 1. The van der Waals surface area contributed by atoms with Crippen LogP contribution in [0.15, 0.2) is 29.6 Å². The molecule has 0 saturated carbocycles. The number of ether oxygens (including phenoxy) is 1. The third kappa shape index (κ3) is 2.76. The van der Waals surface area contributed by atoms with Crippen molar-refractivity contribution in [1.82, 2.24) is 5.32 Å². The molecule has 3 rings (SSSR count). The maximum Gasteiger partial charge on any atom is 0.262 e. The second kappa shape index (κ2) is 5.85. The molecule has 0 aliphatic carbocycles. The van der Waals surface area contributed by atoms with E-state index in [0.29, 0.717) is 22.4 Å². The molecule has 0 spiro atoms.